The Hall–Kier alpha value is -0.730. The zero-order chi connectivity index (χ0) is 11.7. The molecule has 0 aromatic carbocycles. The molecule has 3 atom stereocenters. The summed E-state index contributed by atoms with van der Waals surface area (Å²) >= 11 is 0. The highest BCUT2D eigenvalue weighted by Crippen LogP contribution is 2.24. The highest BCUT2D eigenvalue weighted by atomic mass is 16.2. The Balaban J connectivity index is 1.92. The van der Waals surface area contributed by atoms with E-state index in [2.05, 4.69) is 25.7 Å². The van der Waals surface area contributed by atoms with Gasteiger partial charge in [0, 0.05) is 26.2 Å². The minimum Gasteiger partial charge on any atom is -0.324 e. The number of urea groups is 1. The van der Waals surface area contributed by atoms with Crippen molar-refractivity contribution in [3.05, 3.63) is 0 Å². The maximum atomic E-state index is 12.3. The SMILES string of the molecule is CC1CCCN(C(=O)N2CC(C)C(C)C2)C1. The first-order valence-electron chi connectivity index (χ1n) is 6.61. The second-order valence-electron chi connectivity index (χ2n) is 5.84. The molecule has 0 aromatic rings. The summed E-state index contributed by atoms with van der Waals surface area (Å²) in [6.45, 7) is 10.6. The van der Waals surface area contributed by atoms with Crippen LogP contribution in [-0.2, 0) is 0 Å². The molecule has 3 heteroatoms. The van der Waals surface area contributed by atoms with Crippen LogP contribution in [-0.4, -0.2) is 42.0 Å². The van der Waals surface area contributed by atoms with Crippen LogP contribution in [0.2, 0.25) is 0 Å². The van der Waals surface area contributed by atoms with E-state index in [4.69, 9.17) is 0 Å². The molecule has 0 radical (unpaired) electrons. The number of amides is 2. The zero-order valence-electron chi connectivity index (χ0n) is 10.8. The average molecular weight is 224 g/mol. The Bertz CT molecular complexity index is 250. The highest BCUT2D eigenvalue weighted by molar-refractivity contribution is 5.75. The first-order chi connectivity index (χ1) is 7.58. The lowest BCUT2D eigenvalue weighted by Crippen LogP contribution is -2.46. The van der Waals surface area contributed by atoms with Crippen LogP contribution < -0.4 is 0 Å². The fourth-order valence-electron chi connectivity index (χ4n) is 2.85. The van der Waals surface area contributed by atoms with Gasteiger partial charge in [-0.1, -0.05) is 20.8 Å². The molecule has 3 nitrogen and oxygen atoms in total. The van der Waals surface area contributed by atoms with Crippen LogP contribution in [0.5, 0.6) is 0 Å². The van der Waals surface area contributed by atoms with E-state index in [0.717, 1.165) is 26.2 Å². The van der Waals surface area contributed by atoms with Crippen LogP contribution >= 0.6 is 0 Å². The number of piperidine rings is 1. The van der Waals surface area contributed by atoms with E-state index in [-0.39, 0.29) is 6.03 Å². The molecule has 2 rings (SSSR count). The van der Waals surface area contributed by atoms with Gasteiger partial charge in [-0.25, -0.2) is 4.79 Å². The largest absolute Gasteiger partial charge is 0.324 e. The lowest BCUT2D eigenvalue weighted by molar-refractivity contribution is 0.137. The summed E-state index contributed by atoms with van der Waals surface area (Å²) in [6.07, 6.45) is 2.45. The number of hydrogen-bond acceptors (Lipinski definition) is 1. The Morgan fingerprint density at radius 3 is 2.19 bits per heavy atom. The Morgan fingerprint density at radius 1 is 1.00 bits per heavy atom. The standard InChI is InChI=1S/C13H24N2O/c1-10-5-4-6-14(7-10)13(16)15-8-11(2)12(3)9-15/h10-12H,4-9H2,1-3H3. The lowest BCUT2D eigenvalue weighted by atomic mass is 10.0. The van der Waals surface area contributed by atoms with Crippen LogP contribution in [0.1, 0.15) is 33.6 Å². The third-order valence-corrected chi connectivity index (χ3v) is 4.19. The van der Waals surface area contributed by atoms with Gasteiger partial charge in [-0.2, -0.15) is 0 Å². The van der Waals surface area contributed by atoms with E-state index in [1.807, 2.05) is 4.90 Å². The van der Waals surface area contributed by atoms with Crippen molar-refractivity contribution in [1.82, 2.24) is 9.80 Å². The maximum absolute atomic E-state index is 12.3. The number of carbonyl (C=O) groups excluding carboxylic acids is 1. The molecule has 2 heterocycles. The van der Waals surface area contributed by atoms with Crippen LogP contribution in [0.4, 0.5) is 4.79 Å². The van der Waals surface area contributed by atoms with Crippen molar-refractivity contribution in [3.8, 4) is 0 Å². The molecule has 0 spiro atoms. The summed E-state index contributed by atoms with van der Waals surface area (Å²) in [5, 5.41) is 0. The second kappa shape index (κ2) is 4.64. The smallest absolute Gasteiger partial charge is 0.320 e. The molecule has 0 aromatic heterocycles. The molecule has 0 saturated carbocycles. The Labute approximate surface area is 98.8 Å². The molecule has 0 bridgehead atoms. The van der Waals surface area contributed by atoms with Gasteiger partial charge in [-0.15, -0.1) is 0 Å². The molecule has 2 amide bonds. The lowest BCUT2D eigenvalue weighted by Gasteiger charge is -2.34. The monoisotopic (exact) mass is 224 g/mol. The van der Waals surface area contributed by atoms with Crippen molar-refractivity contribution in [2.24, 2.45) is 17.8 Å². The van der Waals surface area contributed by atoms with Gasteiger partial charge in [0.1, 0.15) is 0 Å². The van der Waals surface area contributed by atoms with Crippen LogP contribution in [0, 0.1) is 17.8 Å². The Morgan fingerprint density at radius 2 is 1.62 bits per heavy atom. The summed E-state index contributed by atoms with van der Waals surface area (Å²) in [5.41, 5.74) is 0. The van der Waals surface area contributed by atoms with Gasteiger partial charge in [-0.3, -0.25) is 0 Å². The number of nitrogens with zero attached hydrogens (tertiary/aromatic N) is 2. The van der Waals surface area contributed by atoms with Crippen molar-refractivity contribution in [2.75, 3.05) is 26.2 Å². The number of rotatable bonds is 0. The highest BCUT2D eigenvalue weighted by Gasteiger charge is 2.32. The molecule has 0 aliphatic carbocycles. The summed E-state index contributed by atoms with van der Waals surface area (Å²) < 4.78 is 0. The van der Waals surface area contributed by atoms with Crippen molar-refractivity contribution in [1.29, 1.82) is 0 Å². The summed E-state index contributed by atoms with van der Waals surface area (Å²) in [6, 6.07) is 0.280. The predicted octanol–water partition coefficient (Wildman–Crippen LogP) is 2.43. The minimum atomic E-state index is 0.280. The second-order valence-corrected chi connectivity index (χ2v) is 5.84. The van der Waals surface area contributed by atoms with Gasteiger partial charge in [0.25, 0.3) is 0 Å². The minimum absolute atomic E-state index is 0.280. The molecule has 2 aliphatic heterocycles. The molecule has 0 N–H and O–H groups in total. The molecule has 16 heavy (non-hydrogen) atoms. The van der Waals surface area contributed by atoms with Gasteiger partial charge in [-0.05, 0) is 30.6 Å². The third-order valence-electron chi connectivity index (χ3n) is 4.19. The van der Waals surface area contributed by atoms with E-state index >= 15 is 0 Å². The molecule has 3 unspecified atom stereocenters. The number of likely N-dealkylation sites (tertiary alicyclic amines) is 2. The van der Waals surface area contributed by atoms with Crippen LogP contribution in [0.25, 0.3) is 0 Å². The Kier molecular flexibility index (Phi) is 3.41. The average Bonchev–Trinajstić information content (AvgIpc) is 2.58. The summed E-state index contributed by atoms with van der Waals surface area (Å²) in [7, 11) is 0. The first kappa shape index (κ1) is 11.7. The van der Waals surface area contributed by atoms with Gasteiger partial charge in [0.15, 0.2) is 0 Å². The van der Waals surface area contributed by atoms with Crippen molar-refractivity contribution < 1.29 is 4.79 Å². The van der Waals surface area contributed by atoms with Crippen molar-refractivity contribution in [2.45, 2.75) is 33.6 Å². The van der Waals surface area contributed by atoms with Crippen LogP contribution in [0.15, 0.2) is 0 Å². The number of carbonyl (C=O) groups is 1. The summed E-state index contributed by atoms with van der Waals surface area (Å²) in [4.78, 5) is 16.4. The third kappa shape index (κ3) is 2.33. The van der Waals surface area contributed by atoms with E-state index in [9.17, 15) is 4.79 Å². The maximum Gasteiger partial charge on any atom is 0.320 e. The fraction of sp³-hybridized carbons (Fsp3) is 0.923. The van der Waals surface area contributed by atoms with Gasteiger partial charge in [0.05, 0.1) is 0 Å². The first-order valence-corrected chi connectivity index (χ1v) is 6.61. The molecular formula is C13H24N2O. The number of hydrogen-bond donors (Lipinski definition) is 0. The van der Waals surface area contributed by atoms with E-state index < -0.39 is 0 Å². The van der Waals surface area contributed by atoms with Gasteiger partial charge in [0.2, 0.25) is 0 Å². The van der Waals surface area contributed by atoms with E-state index in [0.29, 0.717) is 17.8 Å². The molecule has 2 aliphatic rings. The van der Waals surface area contributed by atoms with Crippen molar-refractivity contribution >= 4 is 6.03 Å². The van der Waals surface area contributed by atoms with Crippen molar-refractivity contribution in [3.63, 3.8) is 0 Å². The fourth-order valence-corrected chi connectivity index (χ4v) is 2.85. The van der Waals surface area contributed by atoms with Gasteiger partial charge >= 0.3 is 6.03 Å². The molecule has 92 valence electrons. The van der Waals surface area contributed by atoms with Gasteiger partial charge < -0.3 is 9.80 Å². The van der Waals surface area contributed by atoms with Crippen LogP contribution in [0.3, 0.4) is 0 Å². The van der Waals surface area contributed by atoms with E-state index in [1.165, 1.54) is 12.8 Å². The topological polar surface area (TPSA) is 23.6 Å². The normalized spacial score (nSPS) is 35.6. The van der Waals surface area contributed by atoms with E-state index in [1.54, 1.807) is 0 Å². The molecule has 2 fully saturated rings. The predicted molar refractivity (Wildman–Crippen MR) is 65.3 cm³/mol. The quantitative estimate of drug-likeness (QED) is 0.620. The summed E-state index contributed by atoms with van der Waals surface area (Å²) in [5.74, 6) is 1.99. The zero-order valence-corrected chi connectivity index (χ0v) is 10.8. The molecule has 2 saturated heterocycles. The molecular weight excluding hydrogens is 200 g/mol.